The van der Waals surface area contributed by atoms with Crippen LogP contribution in [0.15, 0.2) is 11.4 Å². The van der Waals surface area contributed by atoms with Gasteiger partial charge in [-0.1, -0.05) is 0 Å². The van der Waals surface area contributed by atoms with Crippen molar-refractivity contribution in [2.24, 2.45) is 5.73 Å². The van der Waals surface area contributed by atoms with Gasteiger partial charge in [-0.05, 0) is 30.4 Å². The van der Waals surface area contributed by atoms with Crippen molar-refractivity contribution in [3.63, 3.8) is 0 Å². The summed E-state index contributed by atoms with van der Waals surface area (Å²) in [6.45, 7) is 3.10. The number of nitrogens with two attached hydrogens (primary N) is 1. The van der Waals surface area contributed by atoms with E-state index in [1.54, 1.807) is 18.4 Å². The van der Waals surface area contributed by atoms with Crippen molar-refractivity contribution in [2.75, 3.05) is 13.7 Å². The lowest BCUT2D eigenvalue weighted by Gasteiger charge is -2.11. The number of thiophene rings is 1. The van der Waals surface area contributed by atoms with Gasteiger partial charge in [0, 0.05) is 18.6 Å². The maximum absolute atomic E-state index is 11.6. The molecule has 1 heterocycles. The molecule has 90 valence electrons. The summed E-state index contributed by atoms with van der Waals surface area (Å²) in [5.41, 5.74) is 6.90. The van der Waals surface area contributed by atoms with E-state index in [9.17, 15) is 4.79 Å². The second kappa shape index (κ2) is 6.62. The van der Waals surface area contributed by atoms with Crippen molar-refractivity contribution in [3.8, 4) is 0 Å². The van der Waals surface area contributed by atoms with Crippen LogP contribution in [0.4, 0.5) is 0 Å². The molecule has 16 heavy (non-hydrogen) atoms. The summed E-state index contributed by atoms with van der Waals surface area (Å²) in [5, 5.41) is 4.84. The number of hydrogen-bond acceptors (Lipinski definition) is 4. The summed E-state index contributed by atoms with van der Waals surface area (Å²) < 4.78 is 4.87. The van der Waals surface area contributed by atoms with E-state index in [0.29, 0.717) is 19.6 Å². The standard InChI is InChI=1S/C11H18N2O2S/c1-8-4-6-16-10(8)7-13-11(14)9(12)3-5-15-2/h4,6,9H,3,5,7,12H2,1-2H3,(H,13,14). The van der Waals surface area contributed by atoms with Gasteiger partial charge < -0.3 is 15.8 Å². The largest absolute Gasteiger partial charge is 0.385 e. The number of carbonyl (C=O) groups excluding carboxylic acids is 1. The Balaban J connectivity index is 2.32. The number of amides is 1. The van der Waals surface area contributed by atoms with Crippen molar-refractivity contribution in [1.82, 2.24) is 5.32 Å². The Morgan fingerprint density at radius 2 is 2.44 bits per heavy atom. The van der Waals surface area contributed by atoms with E-state index < -0.39 is 6.04 Å². The number of rotatable bonds is 6. The minimum absolute atomic E-state index is 0.121. The molecule has 5 heteroatoms. The fourth-order valence-corrected chi connectivity index (χ4v) is 2.11. The van der Waals surface area contributed by atoms with Crippen LogP contribution in [0, 0.1) is 6.92 Å². The molecule has 0 bridgehead atoms. The third kappa shape index (κ3) is 3.92. The Bertz CT molecular complexity index is 338. The minimum Gasteiger partial charge on any atom is -0.385 e. The molecule has 0 aromatic carbocycles. The summed E-state index contributed by atoms with van der Waals surface area (Å²) in [6.07, 6.45) is 0.547. The Morgan fingerprint density at radius 1 is 1.69 bits per heavy atom. The monoisotopic (exact) mass is 242 g/mol. The highest BCUT2D eigenvalue weighted by Crippen LogP contribution is 2.14. The molecule has 1 amide bonds. The molecule has 0 fully saturated rings. The van der Waals surface area contributed by atoms with Gasteiger partial charge in [0.25, 0.3) is 0 Å². The molecule has 3 N–H and O–H groups in total. The molecule has 1 aromatic rings. The Kier molecular flexibility index (Phi) is 5.45. The Labute approximate surface area is 99.8 Å². The quantitative estimate of drug-likeness (QED) is 0.783. The number of nitrogens with one attached hydrogen (secondary N) is 1. The van der Waals surface area contributed by atoms with E-state index in [0.717, 1.165) is 0 Å². The highest BCUT2D eigenvalue weighted by atomic mass is 32.1. The molecule has 0 spiro atoms. The lowest BCUT2D eigenvalue weighted by Crippen LogP contribution is -2.40. The summed E-state index contributed by atoms with van der Waals surface area (Å²) >= 11 is 1.64. The van der Waals surface area contributed by atoms with Crippen LogP contribution in [0.1, 0.15) is 16.9 Å². The maximum atomic E-state index is 11.6. The zero-order chi connectivity index (χ0) is 12.0. The van der Waals surface area contributed by atoms with Crippen molar-refractivity contribution in [1.29, 1.82) is 0 Å². The minimum atomic E-state index is -0.486. The van der Waals surface area contributed by atoms with Gasteiger partial charge in [-0.25, -0.2) is 0 Å². The fraction of sp³-hybridized carbons (Fsp3) is 0.545. The van der Waals surface area contributed by atoms with Gasteiger partial charge in [-0.15, -0.1) is 11.3 Å². The molecule has 4 nitrogen and oxygen atoms in total. The second-order valence-electron chi connectivity index (χ2n) is 3.63. The van der Waals surface area contributed by atoms with E-state index in [1.165, 1.54) is 10.4 Å². The SMILES string of the molecule is COCCC(N)C(=O)NCc1sccc1C. The predicted octanol–water partition coefficient (Wildman–Crippen LogP) is 1.04. The summed E-state index contributed by atoms with van der Waals surface area (Å²) in [4.78, 5) is 12.7. The number of carbonyl (C=O) groups is 1. The Morgan fingerprint density at radius 3 is 3.00 bits per heavy atom. The van der Waals surface area contributed by atoms with Gasteiger partial charge in [0.2, 0.25) is 5.91 Å². The summed E-state index contributed by atoms with van der Waals surface area (Å²) in [6, 6.07) is 1.55. The van der Waals surface area contributed by atoms with E-state index in [4.69, 9.17) is 10.5 Å². The predicted molar refractivity (Wildman–Crippen MR) is 65.4 cm³/mol. The third-order valence-corrected chi connectivity index (χ3v) is 3.38. The fourth-order valence-electron chi connectivity index (χ4n) is 1.26. The number of methoxy groups -OCH3 is 1. The molecule has 1 aromatic heterocycles. The average Bonchev–Trinajstić information content (AvgIpc) is 2.68. The smallest absolute Gasteiger partial charge is 0.237 e. The zero-order valence-corrected chi connectivity index (χ0v) is 10.5. The molecule has 1 rings (SSSR count). The van der Waals surface area contributed by atoms with Crippen LogP contribution in [0.5, 0.6) is 0 Å². The van der Waals surface area contributed by atoms with Crippen LogP contribution < -0.4 is 11.1 Å². The highest BCUT2D eigenvalue weighted by Gasteiger charge is 2.12. The lowest BCUT2D eigenvalue weighted by molar-refractivity contribution is -0.122. The first kappa shape index (κ1) is 13.2. The molecule has 0 saturated heterocycles. The Hall–Kier alpha value is -0.910. The molecule has 1 unspecified atom stereocenters. The summed E-state index contributed by atoms with van der Waals surface area (Å²) in [5.74, 6) is -0.121. The topological polar surface area (TPSA) is 64.3 Å². The van der Waals surface area contributed by atoms with Gasteiger partial charge in [0.15, 0.2) is 0 Å². The van der Waals surface area contributed by atoms with Crippen LogP contribution in [0.25, 0.3) is 0 Å². The van der Waals surface area contributed by atoms with Crippen LogP contribution in [-0.2, 0) is 16.1 Å². The first-order valence-electron chi connectivity index (χ1n) is 5.20. The third-order valence-electron chi connectivity index (χ3n) is 2.36. The van der Waals surface area contributed by atoms with E-state index >= 15 is 0 Å². The molecule has 1 atom stereocenters. The number of hydrogen-bond donors (Lipinski definition) is 2. The highest BCUT2D eigenvalue weighted by molar-refractivity contribution is 7.10. The van der Waals surface area contributed by atoms with Crippen molar-refractivity contribution in [3.05, 3.63) is 21.9 Å². The molecule has 0 radical (unpaired) electrons. The summed E-state index contributed by atoms with van der Waals surface area (Å²) in [7, 11) is 1.60. The van der Waals surface area contributed by atoms with Crippen molar-refractivity contribution in [2.45, 2.75) is 25.9 Å². The molecular formula is C11H18N2O2S. The van der Waals surface area contributed by atoms with Crippen LogP contribution >= 0.6 is 11.3 Å². The molecule has 0 aliphatic rings. The maximum Gasteiger partial charge on any atom is 0.237 e. The molecule has 0 aliphatic carbocycles. The molecule has 0 saturated carbocycles. The van der Waals surface area contributed by atoms with Crippen LogP contribution in [0.3, 0.4) is 0 Å². The van der Waals surface area contributed by atoms with Gasteiger partial charge >= 0.3 is 0 Å². The van der Waals surface area contributed by atoms with Crippen molar-refractivity contribution < 1.29 is 9.53 Å². The van der Waals surface area contributed by atoms with Crippen LogP contribution in [0.2, 0.25) is 0 Å². The van der Waals surface area contributed by atoms with Gasteiger partial charge in [-0.2, -0.15) is 0 Å². The van der Waals surface area contributed by atoms with Crippen LogP contribution in [-0.4, -0.2) is 25.7 Å². The lowest BCUT2D eigenvalue weighted by atomic mass is 10.2. The van der Waals surface area contributed by atoms with E-state index in [2.05, 4.69) is 5.32 Å². The van der Waals surface area contributed by atoms with Gasteiger partial charge in [-0.3, -0.25) is 4.79 Å². The normalized spacial score (nSPS) is 12.4. The first-order chi connectivity index (χ1) is 7.65. The van der Waals surface area contributed by atoms with Crippen molar-refractivity contribution >= 4 is 17.2 Å². The average molecular weight is 242 g/mol. The van der Waals surface area contributed by atoms with Gasteiger partial charge in [0.1, 0.15) is 0 Å². The number of aryl methyl sites for hydroxylation is 1. The second-order valence-corrected chi connectivity index (χ2v) is 4.63. The first-order valence-corrected chi connectivity index (χ1v) is 6.08. The van der Waals surface area contributed by atoms with E-state index in [-0.39, 0.29) is 5.91 Å². The molecule has 0 aliphatic heterocycles. The molecular weight excluding hydrogens is 224 g/mol. The van der Waals surface area contributed by atoms with Gasteiger partial charge in [0.05, 0.1) is 12.6 Å². The zero-order valence-electron chi connectivity index (χ0n) is 9.66. The van der Waals surface area contributed by atoms with E-state index in [1.807, 2.05) is 18.4 Å². The number of ether oxygens (including phenoxy) is 1.